The number of pyridine rings is 1. The number of aliphatic imine (C=N–C) groups is 1. The summed E-state index contributed by atoms with van der Waals surface area (Å²) in [6.45, 7) is 9.75. The highest BCUT2D eigenvalue weighted by Gasteiger charge is 2.15. The van der Waals surface area contributed by atoms with Crippen LogP contribution in [0.15, 0.2) is 60.2 Å². The van der Waals surface area contributed by atoms with Crippen molar-refractivity contribution < 1.29 is 14.3 Å². The second-order valence-electron chi connectivity index (χ2n) is 7.68. The quantitative estimate of drug-likeness (QED) is 0.516. The normalized spacial score (nSPS) is 12.2. The maximum Gasteiger partial charge on any atom is 0.255 e. The monoisotopic (exact) mass is 440 g/mol. The van der Waals surface area contributed by atoms with Gasteiger partial charge < -0.3 is 15.4 Å². The summed E-state index contributed by atoms with van der Waals surface area (Å²) in [6, 6.07) is 12.2. The van der Waals surface area contributed by atoms with Gasteiger partial charge in [-0.15, -0.1) is 0 Å². The standard InChI is InChI=1S/C26H24N4O3/c1-4-17-12-19(7-9-22(17)27-3)26(32)30-23-14-21(15-28-16(23)2)29-25(31)20-8-10-24-18(13-20)6-5-11-33-24/h4,7-10,12-15H,1,3,5-6,11H2,2H3,(H,29,31)(H,30,32). The Morgan fingerprint density at radius 3 is 2.64 bits per heavy atom. The van der Waals surface area contributed by atoms with E-state index in [-0.39, 0.29) is 11.8 Å². The van der Waals surface area contributed by atoms with Crippen molar-refractivity contribution in [3.8, 4) is 5.75 Å². The molecule has 0 fully saturated rings. The molecule has 3 aromatic rings. The smallest absolute Gasteiger partial charge is 0.255 e. The first-order valence-corrected chi connectivity index (χ1v) is 10.6. The third kappa shape index (κ3) is 4.82. The molecule has 2 heterocycles. The number of benzene rings is 2. The van der Waals surface area contributed by atoms with Crippen LogP contribution in [0.4, 0.5) is 17.1 Å². The van der Waals surface area contributed by atoms with Gasteiger partial charge in [0.2, 0.25) is 0 Å². The van der Waals surface area contributed by atoms with Crippen molar-refractivity contribution in [2.45, 2.75) is 19.8 Å². The molecule has 7 nitrogen and oxygen atoms in total. The molecule has 33 heavy (non-hydrogen) atoms. The Morgan fingerprint density at radius 2 is 1.85 bits per heavy atom. The molecular formula is C26H24N4O3. The van der Waals surface area contributed by atoms with Crippen LogP contribution >= 0.6 is 0 Å². The van der Waals surface area contributed by atoms with Crippen LogP contribution in [0, 0.1) is 6.92 Å². The number of nitrogens with zero attached hydrogens (tertiary/aromatic N) is 2. The Bertz CT molecular complexity index is 1270. The predicted octanol–water partition coefficient (Wildman–Crippen LogP) is 5.19. The second kappa shape index (κ2) is 9.48. The van der Waals surface area contributed by atoms with Gasteiger partial charge in [0, 0.05) is 16.7 Å². The topological polar surface area (TPSA) is 92.7 Å². The van der Waals surface area contributed by atoms with Crippen molar-refractivity contribution in [3.63, 3.8) is 0 Å². The summed E-state index contributed by atoms with van der Waals surface area (Å²) < 4.78 is 5.61. The fourth-order valence-corrected chi connectivity index (χ4v) is 3.63. The number of fused-ring (bicyclic) bond motifs is 1. The lowest BCUT2D eigenvalue weighted by Crippen LogP contribution is -2.16. The number of anilines is 2. The van der Waals surface area contributed by atoms with Gasteiger partial charge in [0.15, 0.2) is 0 Å². The van der Waals surface area contributed by atoms with Crippen molar-refractivity contribution in [3.05, 3.63) is 83.2 Å². The molecule has 0 bridgehead atoms. The molecule has 166 valence electrons. The number of aromatic nitrogens is 1. The van der Waals surface area contributed by atoms with E-state index in [1.807, 2.05) is 12.1 Å². The highest BCUT2D eigenvalue weighted by atomic mass is 16.5. The summed E-state index contributed by atoms with van der Waals surface area (Å²) in [7, 11) is 0. The Morgan fingerprint density at radius 1 is 1.09 bits per heavy atom. The highest BCUT2D eigenvalue weighted by molar-refractivity contribution is 6.07. The first-order chi connectivity index (χ1) is 16.0. The van der Waals surface area contributed by atoms with Gasteiger partial charge in [0.25, 0.3) is 11.8 Å². The number of carbonyl (C=O) groups excluding carboxylic acids is 2. The van der Waals surface area contributed by atoms with Gasteiger partial charge >= 0.3 is 0 Å². The zero-order valence-electron chi connectivity index (χ0n) is 18.4. The van der Waals surface area contributed by atoms with E-state index in [9.17, 15) is 9.59 Å². The predicted molar refractivity (Wildman–Crippen MR) is 131 cm³/mol. The summed E-state index contributed by atoms with van der Waals surface area (Å²) in [5.74, 6) is 0.266. The Hall–Kier alpha value is -4.26. The summed E-state index contributed by atoms with van der Waals surface area (Å²) >= 11 is 0. The Labute approximate surface area is 192 Å². The largest absolute Gasteiger partial charge is 0.493 e. The highest BCUT2D eigenvalue weighted by Crippen LogP contribution is 2.27. The molecule has 4 rings (SSSR count). The van der Waals surface area contributed by atoms with Gasteiger partial charge in [-0.05, 0) is 74.5 Å². The van der Waals surface area contributed by atoms with E-state index >= 15 is 0 Å². The molecule has 0 aliphatic carbocycles. The van der Waals surface area contributed by atoms with E-state index in [0.717, 1.165) is 24.2 Å². The molecular weight excluding hydrogens is 416 g/mol. The molecule has 2 aromatic carbocycles. The van der Waals surface area contributed by atoms with Crippen LogP contribution in [0.2, 0.25) is 0 Å². The minimum absolute atomic E-state index is 0.255. The minimum Gasteiger partial charge on any atom is -0.493 e. The number of amides is 2. The van der Waals surface area contributed by atoms with Crippen molar-refractivity contribution in [1.29, 1.82) is 0 Å². The van der Waals surface area contributed by atoms with Crippen molar-refractivity contribution in [2.75, 3.05) is 17.2 Å². The van der Waals surface area contributed by atoms with Crippen LogP contribution in [-0.4, -0.2) is 30.1 Å². The lowest BCUT2D eigenvalue weighted by atomic mass is 10.0. The molecule has 0 radical (unpaired) electrons. The molecule has 0 saturated heterocycles. The third-order valence-electron chi connectivity index (χ3n) is 5.44. The Kier molecular flexibility index (Phi) is 6.31. The molecule has 2 amide bonds. The summed E-state index contributed by atoms with van der Waals surface area (Å²) in [5, 5.41) is 5.71. The summed E-state index contributed by atoms with van der Waals surface area (Å²) in [6.07, 6.45) is 5.00. The number of hydrogen-bond donors (Lipinski definition) is 2. The van der Waals surface area contributed by atoms with E-state index in [1.165, 1.54) is 0 Å². The van der Waals surface area contributed by atoms with E-state index in [2.05, 4.69) is 33.9 Å². The average Bonchev–Trinajstić information content (AvgIpc) is 2.85. The first kappa shape index (κ1) is 22.0. The maximum atomic E-state index is 12.8. The van der Waals surface area contributed by atoms with E-state index < -0.39 is 0 Å². The zero-order valence-corrected chi connectivity index (χ0v) is 18.4. The average molecular weight is 441 g/mol. The first-order valence-electron chi connectivity index (χ1n) is 10.6. The number of ether oxygens (including phenoxy) is 1. The fourth-order valence-electron chi connectivity index (χ4n) is 3.63. The van der Waals surface area contributed by atoms with Gasteiger partial charge in [-0.2, -0.15) is 0 Å². The summed E-state index contributed by atoms with van der Waals surface area (Å²) in [4.78, 5) is 33.8. The van der Waals surface area contributed by atoms with Gasteiger partial charge in [-0.1, -0.05) is 12.7 Å². The SMILES string of the molecule is C=Cc1cc(C(=O)Nc2cc(NC(=O)c3ccc4c(c3)CCCO4)cnc2C)ccc1N=C. The van der Waals surface area contributed by atoms with Crippen LogP contribution in [0.25, 0.3) is 6.08 Å². The maximum absolute atomic E-state index is 12.8. The van der Waals surface area contributed by atoms with Gasteiger partial charge in [-0.3, -0.25) is 19.6 Å². The second-order valence-corrected chi connectivity index (χ2v) is 7.68. The molecule has 1 aromatic heterocycles. The molecule has 1 aliphatic heterocycles. The van der Waals surface area contributed by atoms with Crippen molar-refractivity contribution in [2.24, 2.45) is 4.99 Å². The van der Waals surface area contributed by atoms with Crippen LogP contribution in [0.1, 0.15) is 44.0 Å². The molecule has 7 heteroatoms. The van der Waals surface area contributed by atoms with Crippen LogP contribution in [0.3, 0.4) is 0 Å². The van der Waals surface area contributed by atoms with Gasteiger partial charge in [0.1, 0.15) is 5.75 Å². The van der Waals surface area contributed by atoms with Gasteiger partial charge in [0.05, 0.1) is 35.6 Å². The molecule has 2 N–H and O–H groups in total. The zero-order chi connectivity index (χ0) is 23.4. The minimum atomic E-state index is -0.309. The molecule has 0 atom stereocenters. The van der Waals surface area contributed by atoms with Crippen molar-refractivity contribution >= 4 is 41.7 Å². The van der Waals surface area contributed by atoms with Gasteiger partial charge in [-0.25, -0.2) is 0 Å². The number of aryl methyl sites for hydroxylation is 2. The van der Waals surface area contributed by atoms with E-state index in [0.29, 0.717) is 46.1 Å². The number of carbonyl (C=O) groups is 2. The van der Waals surface area contributed by atoms with Crippen LogP contribution in [-0.2, 0) is 6.42 Å². The third-order valence-corrected chi connectivity index (χ3v) is 5.44. The number of rotatable bonds is 6. The molecule has 0 saturated carbocycles. The molecule has 0 spiro atoms. The Balaban J connectivity index is 1.51. The van der Waals surface area contributed by atoms with Crippen LogP contribution in [0.5, 0.6) is 5.75 Å². The number of nitrogens with one attached hydrogen (secondary N) is 2. The lowest BCUT2D eigenvalue weighted by molar-refractivity contribution is 0.101. The van der Waals surface area contributed by atoms with Crippen molar-refractivity contribution in [1.82, 2.24) is 4.98 Å². The van der Waals surface area contributed by atoms with E-state index in [4.69, 9.17) is 4.74 Å². The lowest BCUT2D eigenvalue weighted by Gasteiger charge is -2.17. The molecule has 1 aliphatic rings. The number of hydrogen-bond acceptors (Lipinski definition) is 5. The fraction of sp³-hybridized carbons (Fsp3) is 0.154. The molecule has 0 unspecified atom stereocenters. The van der Waals surface area contributed by atoms with Crippen LogP contribution < -0.4 is 15.4 Å². The van der Waals surface area contributed by atoms with E-state index in [1.54, 1.807) is 49.5 Å². The summed E-state index contributed by atoms with van der Waals surface area (Å²) in [5.41, 5.74) is 4.99.